The van der Waals surface area contributed by atoms with E-state index >= 15 is 0 Å². The quantitative estimate of drug-likeness (QED) is 0.623. The number of amides is 2. The molecule has 2 aromatic heterocycles. The van der Waals surface area contributed by atoms with Gasteiger partial charge in [0.2, 0.25) is 5.91 Å². The SMILES string of the molecule is CC1CCC(N2C(=O)c3ccc(-c4ccco4)n3CC2(C)C(=O)NC2CCCCCCC2)CC1. The summed E-state index contributed by atoms with van der Waals surface area (Å²) in [5.41, 5.74) is 0.578. The summed E-state index contributed by atoms with van der Waals surface area (Å²) in [6.07, 6.45) is 14.0. The number of aromatic nitrogens is 1. The first-order chi connectivity index (χ1) is 16.5. The second-order valence-corrected chi connectivity index (χ2v) is 11.0. The van der Waals surface area contributed by atoms with Gasteiger partial charge in [0.1, 0.15) is 17.0 Å². The molecular weight excluding hydrogens is 426 g/mol. The Kier molecular flexibility index (Phi) is 6.59. The number of carbonyl (C=O) groups is 2. The van der Waals surface area contributed by atoms with Gasteiger partial charge < -0.3 is 19.2 Å². The molecule has 2 saturated carbocycles. The smallest absolute Gasteiger partial charge is 0.271 e. The molecule has 0 saturated heterocycles. The predicted molar refractivity (Wildman–Crippen MR) is 132 cm³/mol. The molecule has 2 aromatic rings. The largest absolute Gasteiger partial charge is 0.463 e. The lowest BCUT2D eigenvalue weighted by Gasteiger charge is -2.50. The van der Waals surface area contributed by atoms with Gasteiger partial charge in [-0.15, -0.1) is 0 Å². The van der Waals surface area contributed by atoms with E-state index in [1.54, 1.807) is 6.26 Å². The molecule has 1 unspecified atom stereocenters. The third-order valence-corrected chi connectivity index (χ3v) is 8.47. The number of carbonyl (C=O) groups excluding carboxylic acids is 2. The van der Waals surface area contributed by atoms with Gasteiger partial charge in [-0.2, -0.15) is 0 Å². The van der Waals surface area contributed by atoms with Crippen molar-refractivity contribution < 1.29 is 14.0 Å². The van der Waals surface area contributed by atoms with Crippen LogP contribution >= 0.6 is 0 Å². The van der Waals surface area contributed by atoms with Crippen LogP contribution in [0.2, 0.25) is 0 Å². The van der Waals surface area contributed by atoms with Crippen LogP contribution in [0.5, 0.6) is 0 Å². The van der Waals surface area contributed by atoms with Crippen LogP contribution in [0, 0.1) is 5.92 Å². The van der Waals surface area contributed by atoms with Crippen LogP contribution in [0.15, 0.2) is 34.9 Å². The maximum absolute atomic E-state index is 14.0. The van der Waals surface area contributed by atoms with E-state index in [2.05, 4.69) is 12.2 Å². The fraction of sp³-hybridized carbons (Fsp3) is 0.643. The highest BCUT2D eigenvalue weighted by Gasteiger charge is 2.51. The van der Waals surface area contributed by atoms with Gasteiger partial charge in [-0.05, 0) is 75.6 Å². The monoisotopic (exact) mass is 465 g/mol. The lowest BCUT2D eigenvalue weighted by Crippen LogP contribution is -2.67. The maximum atomic E-state index is 14.0. The number of fused-ring (bicyclic) bond motifs is 1. The second kappa shape index (κ2) is 9.63. The molecule has 1 aliphatic heterocycles. The normalized spacial score (nSPS) is 28.8. The summed E-state index contributed by atoms with van der Waals surface area (Å²) in [6, 6.07) is 7.91. The third kappa shape index (κ3) is 4.32. The van der Waals surface area contributed by atoms with Crippen molar-refractivity contribution in [2.75, 3.05) is 0 Å². The van der Waals surface area contributed by atoms with Gasteiger partial charge >= 0.3 is 0 Å². The van der Waals surface area contributed by atoms with E-state index in [-0.39, 0.29) is 23.9 Å². The Morgan fingerprint density at radius 2 is 1.65 bits per heavy atom. The molecular formula is C28H39N3O3. The first-order valence-corrected chi connectivity index (χ1v) is 13.4. The van der Waals surface area contributed by atoms with Crippen LogP contribution in [0.1, 0.15) is 95.0 Å². The van der Waals surface area contributed by atoms with Crippen molar-refractivity contribution in [2.24, 2.45) is 5.92 Å². The molecule has 0 bridgehead atoms. The van der Waals surface area contributed by atoms with Crippen LogP contribution in [0.3, 0.4) is 0 Å². The Labute approximate surface area is 203 Å². The first kappa shape index (κ1) is 23.3. The molecule has 6 heteroatoms. The highest BCUT2D eigenvalue weighted by atomic mass is 16.3. The maximum Gasteiger partial charge on any atom is 0.271 e. The first-order valence-electron chi connectivity index (χ1n) is 13.4. The van der Waals surface area contributed by atoms with Gasteiger partial charge in [-0.25, -0.2) is 0 Å². The van der Waals surface area contributed by atoms with Crippen molar-refractivity contribution in [3.63, 3.8) is 0 Å². The Balaban J connectivity index is 1.48. The topological polar surface area (TPSA) is 67.5 Å². The molecule has 3 heterocycles. The zero-order chi connectivity index (χ0) is 23.7. The number of hydrogen-bond acceptors (Lipinski definition) is 3. The molecule has 3 aliphatic rings. The molecule has 0 radical (unpaired) electrons. The molecule has 0 spiro atoms. The van der Waals surface area contributed by atoms with Crippen molar-refractivity contribution in [1.82, 2.24) is 14.8 Å². The third-order valence-electron chi connectivity index (χ3n) is 8.47. The molecule has 0 aromatic carbocycles. The van der Waals surface area contributed by atoms with Crippen molar-refractivity contribution in [3.05, 3.63) is 36.2 Å². The lowest BCUT2D eigenvalue weighted by molar-refractivity contribution is -0.135. The second-order valence-electron chi connectivity index (χ2n) is 11.0. The van der Waals surface area contributed by atoms with Crippen molar-refractivity contribution in [2.45, 2.75) is 109 Å². The van der Waals surface area contributed by atoms with Crippen LogP contribution < -0.4 is 5.32 Å². The average molecular weight is 466 g/mol. The average Bonchev–Trinajstić information content (AvgIpc) is 3.46. The van der Waals surface area contributed by atoms with Gasteiger partial charge in [0, 0.05) is 12.1 Å². The zero-order valence-corrected chi connectivity index (χ0v) is 20.7. The number of rotatable bonds is 4. The molecule has 2 aliphatic carbocycles. The number of hydrogen-bond donors (Lipinski definition) is 1. The van der Waals surface area contributed by atoms with Gasteiger partial charge in [0.25, 0.3) is 5.91 Å². The van der Waals surface area contributed by atoms with E-state index in [0.29, 0.717) is 18.2 Å². The Bertz CT molecular complexity index is 994. The zero-order valence-electron chi connectivity index (χ0n) is 20.7. The summed E-state index contributed by atoms with van der Waals surface area (Å²) in [7, 11) is 0. The van der Waals surface area contributed by atoms with Crippen LogP contribution in [0.4, 0.5) is 0 Å². The van der Waals surface area contributed by atoms with Gasteiger partial charge in [-0.3, -0.25) is 9.59 Å². The Morgan fingerprint density at radius 3 is 2.32 bits per heavy atom. The van der Waals surface area contributed by atoms with E-state index in [0.717, 1.165) is 62.8 Å². The summed E-state index contributed by atoms with van der Waals surface area (Å²) in [5.74, 6) is 1.37. The van der Waals surface area contributed by atoms with Gasteiger partial charge in [0.15, 0.2) is 0 Å². The highest BCUT2D eigenvalue weighted by molar-refractivity contribution is 6.00. The van der Waals surface area contributed by atoms with Crippen molar-refractivity contribution in [1.29, 1.82) is 0 Å². The highest BCUT2D eigenvalue weighted by Crippen LogP contribution is 2.38. The van der Waals surface area contributed by atoms with Crippen LogP contribution in [0.25, 0.3) is 11.5 Å². The lowest BCUT2D eigenvalue weighted by atomic mass is 9.82. The van der Waals surface area contributed by atoms with Crippen molar-refractivity contribution in [3.8, 4) is 11.5 Å². The van der Waals surface area contributed by atoms with Crippen molar-refractivity contribution >= 4 is 11.8 Å². The van der Waals surface area contributed by atoms with E-state index in [1.165, 1.54) is 19.3 Å². The standard InChI is InChI=1S/C28H39N3O3/c1-20-12-14-22(15-13-20)31-26(32)24-17-16-23(25-11-8-18-34-25)30(24)19-28(31,2)27(33)29-21-9-6-4-3-5-7-10-21/h8,11,16-18,20-22H,3-7,9-10,12-15,19H2,1-2H3,(H,29,33). The summed E-state index contributed by atoms with van der Waals surface area (Å²) >= 11 is 0. The van der Waals surface area contributed by atoms with E-state index in [9.17, 15) is 9.59 Å². The van der Waals surface area contributed by atoms with E-state index in [1.807, 2.05) is 40.7 Å². The van der Waals surface area contributed by atoms with Crippen LogP contribution in [-0.4, -0.2) is 38.9 Å². The molecule has 5 rings (SSSR count). The number of nitrogens with zero attached hydrogens (tertiary/aromatic N) is 2. The minimum absolute atomic E-state index is 0.00482. The molecule has 2 fully saturated rings. The molecule has 6 nitrogen and oxygen atoms in total. The Morgan fingerprint density at radius 1 is 0.971 bits per heavy atom. The summed E-state index contributed by atoms with van der Waals surface area (Å²) in [4.78, 5) is 30.0. The molecule has 1 N–H and O–H groups in total. The molecule has 1 atom stereocenters. The summed E-state index contributed by atoms with van der Waals surface area (Å²) in [5, 5.41) is 3.40. The van der Waals surface area contributed by atoms with Gasteiger partial charge in [0.05, 0.1) is 18.5 Å². The fourth-order valence-electron chi connectivity index (χ4n) is 6.39. The predicted octanol–water partition coefficient (Wildman–Crippen LogP) is 5.77. The van der Waals surface area contributed by atoms with Crippen LogP contribution in [-0.2, 0) is 11.3 Å². The fourth-order valence-corrected chi connectivity index (χ4v) is 6.39. The minimum atomic E-state index is -0.932. The van der Waals surface area contributed by atoms with Gasteiger partial charge in [-0.1, -0.05) is 39.0 Å². The summed E-state index contributed by atoms with van der Waals surface area (Å²) in [6.45, 7) is 4.72. The van der Waals surface area contributed by atoms with E-state index < -0.39 is 5.54 Å². The Hall–Kier alpha value is -2.50. The number of furan rings is 1. The molecule has 2 amide bonds. The summed E-state index contributed by atoms with van der Waals surface area (Å²) < 4.78 is 7.66. The number of nitrogens with one attached hydrogen (secondary N) is 1. The minimum Gasteiger partial charge on any atom is -0.463 e. The molecule has 184 valence electrons. The molecule has 34 heavy (non-hydrogen) atoms. The van der Waals surface area contributed by atoms with E-state index in [4.69, 9.17) is 4.42 Å².